The van der Waals surface area contributed by atoms with Gasteiger partial charge < -0.3 is 37.9 Å². The summed E-state index contributed by atoms with van der Waals surface area (Å²) in [5, 5.41) is 0. The molecule has 4 aliphatic rings. The smallest absolute Gasteiger partial charge is 0.456 e. The van der Waals surface area contributed by atoms with E-state index in [2.05, 4.69) is 51.1 Å². The highest BCUT2D eigenvalue weighted by Gasteiger charge is 2.88. The van der Waals surface area contributed by atoms with E-state index in [9.17, 15) is 96.6 Å². The summed E-state index contributed by atoms with van der Waals surface area (Å²) in [4.78, 5) is 0. The minimum Gasteiger partial charge on any atom is -0.456 e. The van der Waals surface area contributed by atoms with Gasteiger partial charge in [-0.2, -0.15) is 96.6 Å². The van der Waals surface area contributed by atoms with Crippen molar-refractivity contribution in [2.45, 2.75) is 54.6 Å². The molecule has 30 heteroatoms. The Morgan fingerprint density at radius 2 is 0.688 bits per heavy atom. The van der Waals surface area contributed by atoms with E-state index in [0.29, 0.717) is 0 Å². The Bertz CT molecular complexity index is 1220. The molecule has 8 nitrogen and oxygen atoms in total. The quantitative estimate of drug-likeness (QED) is 0.227. The van der Waals surface area contributed by atoms with Gasteiger partial charge in [-0.05, 0) is 13.2 Å². The van der Waals surface area contributed by atoms with E-state index < -0.39 is 97.2 Å². The van der Waals surface area contributed by atoms with Crippen molar-refractivity contribution in [1.82, 2.24) is 0 Å². The van der Waals surface area contributed by atoms with Crippen LogP contribution in [-0.4, -0.2) is 61.2 Å². The molecule has 0 aromatic rings. The average molecular weight is 768 g/mol. The van der Waals surface area contributed by atoms with Crippen LogP contribution in [-0.2, 0) is 37.9 Å². The van der Waals surface area contributed by atoms with Crippen LogP contribution in [0.15, 0.2) is 49.1 Å². The molecule has 4 heterocycles. The molecule has 2 fully saturated rings. The molecule has 280 valence electrons. The first-order chi connectivity index (χ1) is 21.0. The van der Waals surface area contributed by atoms with Crippen LogP contribution in [0.2, 0.25) is 0 Å². The number of hydrogen-bond acceptors (Lipinski definition) is 8. The first-order valence-electron chi connectivity index (χ1n) is 10.3. The van der Waals surface area contributed by atoms with Gasteiger partial charge in [-0.3, -0.25) is 0 Å². The molecule has 2 saturated heterocycles. The summed E-state index contributed by atoms with van der Waals surface area (Å²) in [6.45, 7) is 3.69. The van der Waals surface area contributed by atoms with Crippen LogP contribution < -0.4 is 0 Å². The SMILES string of the molecule is C=C1OC(F)(C(F)(F)F)C(F)(C(F)(F)F)O1.C=C1OC(F)(F)C(F)(F)O1.FC1=C(F)OC(F)(F)C(F)(F)O1.FC1=C(F)OC(F)(F)CO1. The largest absolute Gasteiger partial charge is 0.509 e. The van der Waals surface area contributed by atoms with Crippen molar-refractivity contribution in [2.24, 2.45) is 0 Å². The zero-order chi connectivity index (χ0) is 38.3. The standard InChI is InChI=1S/C6H2F8O2.C4F6O2.2C4H2F4O2/c1-2-15-3(7,5(9,10)11)4(8,16-2)6(12,13)14;5-1-2(6)12-4(9,10)3(7,8)11-1;5-2-3(6)10-4(7,8)1-9-2;1-2-9-3(5,6)4(7,8)10-2/h1H2;;2*1H2. The normalized spacial score (nSPS) is 29.1. The summed E-state index contributed by atoms with van der Waals surface area (Å²) < 4.78 is 288. The molecule has 0 bridgehead atoms. The summed E-state index contributed by atoms with van der Waals surface area (Å²) in [7, 11) is 0. The second kappa shape index (κ2) is 12.7. The number of halogens is 22. The summed E-state index contributed by atoms with van der Waals surface area (Å²) in [6.07, 6.45) is -35.9. The zero-order valence-corrected chi connectivity index (χ0v) is 21.2. The van der Waals surface area contributed by atoms with Crippen LogP contribution >= 0.6 is 0 Å². The average Bonchev–Trinajstić information content (AvgIpc) is 3.20. The number of rotatable bonds is 0. The van der Waals surface area contributed by atoms with E-state index in [1.807, 2.05) is 0 Å². The van der Waals surface area contributed by atoms with Crippen molar-refractivity contribution in [1.29, 1.82) is 0 Å². The molecule has 0 aliphatic carbocycles. The molecule has 2 atom stereocenters. The molecule has 48 heavy (non-hydrogen) atoms. The van der Waals surface area contributed by atoms with Gasteiger partial charge in [0, 0.05) is 0 Å². The first-order valence-corrected chi connectivity index (χ1v) is 10.3. The van der Waals surface area contributed by atoms with E-state index >= 15 is 0 Å². The number of alkyl halides is 18. The second-order valence-corrected chi connectivity index (χ2v) is 7.73. The lowest BCUT2D eigenvalue weighted by Gasteiger charge is -2.30. The highest BCUT2D eigenvalue weighted by Crippen LogP contribution is 2.58. The minimum atomic E-state index is -6.28. The van der Waals surface area contributed by atoms with Crippen molar-refractivity contribution in [2.75, 3.05) is 6.61 Å². The fraction of sp³-hybridized carbons (Fsp3) is 0.556. The van der Waals surface area contributed by atoms with Crippen molar-refractivity contribution in [3.63, 3.8) is 0 Å². The minimum absolute atomic E-state index is 1.07. The Balaban J connectivity index is 0.000000326. The lowest BCUT2D eigenvalue weighted by Crippen LogP contribution is -2.62. The zero-order valence-electron chi connectivity index (χ0n) is 21.2. The van der Waals surface area contributed by atoms with Gasteiger partial charge in [-0.25, -0.2) is 0 Å². The molecular formula is C18H6F22O8. The fourth-order valence-corrected chi connectivity index (χ4v) is 2.20. The number of ether oxygens (including phenoxy) is 8. The maximum absolute atomic E-state index is 13.0. The van der Waals surface area contributed by atoms with Crippen LogP contribution in [0, 0.1) is 0 Å². The topological polar surface area (TPSA) is 73.8 Å². The lowest BCUT2D eigenvalue weighted by molar-refractivity contribution is -0.438. The maximum Gasteiger partial charge on any atom is 0.509 e. The summed E-state index contributed by atoms with van der Waals surface area (Å²) in [6, 6.07) is -8.78. The van der Waals surface area contributed by atoms with Crippen LogP contribution in [0.1, 0.15) is 0 Å². The number of hydrogen-bond donors (Lipinski definition) is 0. The van der Waals surface area contributed by atoms with E-state index in [1.165, 1.54) is 0 Å². The Morgan fingerprint density at radius 3 is 0.917 bits per heavy atom. The molecule has 0 radical (unpaired) electrons. The molecule has 2 unspecified atom stereocenters. The van der Waals surface area contributed by atoms with Gasteiger partial charge in [0.25, 0.3) is 11.9 Å². The van der Waals surface area contributed by atoms with Gasteiger partial charge in [0.2, 0.25) is 0 Å². The molecule has 0 spiro atoms. The Morgan fingerprint density at radius 1 is 0.417 bits per heavy atom. The van der Waals surface area contributed by atoms with Gasteiger partial charge >= 0.3 is 78.7 Å². The summed E-state index contributed by atoms with van der Waals surface area (Å²) in [5.74, 6) is -14.2. The summed E-state index contributed by atoms with van der Waals surface area (Å²) >= 11 is 0. The second-order valence-electron chi connectivity index (χ2n) is 7.73. The van der Waals surface area contributed by atoms with Crippen molar-refractivity contribution < 1.29 is 134 Å². The molecular weight excluding hydrogens is 762 g/mol. The predicted molar refractivity (Wildman–Crippen MR) is 94.8 cm³/mol. The van der Waals surface area contributed by atoms with Crippen LogP contribution in [0.25, 0.3) is 0 Å². The van der Waals surface area contributed by atoms with Gasteiger partial charge in [0.15, 0.2) is 6.61 Å². The van der Waals surface area contributed by atoms with Crippen LogP contribution in [0.4, 0.5) is 96.6 Å². The van der Waals surface area contributed by atoms with Gasteiger partial charge in [-0.1, -0.05) is 0 Å². The third kappa shape index (κ3) is 8.64. The van der Waals surface area contributed by atoms with Gasteiger partial charge in [-0.15, -0.1) is 0 Å². The highest BCUT2D eigenvalue weighted by molar-refractivity contribution is 5.06. The molecule has 4 aliphatic heterocycles. The highest BCUT2D eigenvalue weighted by atomic mass is 19.4. The molecule has 0 N–H and O–H groups in total. The maximum atomic E-state index is 13.0. The molecule has 0 aromatic heterocycles. The van der Waals surface area contributed by atoms with Gasteiger partial charge in [0.1, 0.15) is 0 Å². The van der Waals surface area contributed by atoms with Gasteiger partial charge in [0.05, 0.1) is 0 Å². The molecule has 0 aromatic carbocycles. The Labute approximate surface area is 246 Å². The fourth-order valence-electron chi connectivity index (χ4n) is 2.20. The lowest BCUT2D eigenvalue weighted by atomic mass is 10.1. The Hall–Kier alpha value is -4.18. The van der Waals surface area contributed by atoms with Crippen molar-refractivity contribution >= 4 is 0 Å². The first kappa shape index (κ1) is 41.8. The van der Waals surface area contributed by atoms with Crippen LogP contribution in [0.3, 0.4) is 0 Å². The third-order valence-electron chi connectivity index (χ3n) is 4.16. The molecule has 0 amide bonds. The van der Waals surface area contributed by atoms with Crippen LogP contribution in [0.5, 0.6) is 0 Å². The van der Waals surface area contributed by atoms with Crippen molar-refractivity contribution in [3.8, 4) is 0 Å². The van der Waals surface area contributed by atoms with Crippen molar-refractivity contribution in [3.05, 3.63) is 49.1 Å². The van der Waals surface area contributed by atoms with E-state index in [-0.39, 0.29) is 0 Å². The third-order valence-corrected chi connectivity index (χ3v) is 4.16. The van der Waals surface area contributed by atoms with E-state index in [4.69, 9.17) is 0 Å². The monoisotopic (exact) mass is 768 g/mol. The van der Waals surface area contributed by atoms with E-state index in [0.717, 1.165) is 0 Å². The van der Waals surface area contributed by atoms with E-state index in [1.54, 1.807) is 0 Å². The summed E-state index contributed by atoms with van der Waals surface area (Å²) in [5.41, 5.74) is 0. The molecule has 0 saturated carbocycles. The molecule has 4 rings (SSSR count). The Kier molecular flexibility index (Phi) is 11.1. The predicted octanol–water partition coefficient (Wildman–Crippen LogP) is 8.63.